The van der Waals surface area contributed by atoms with E-state index in [9.17, 15) is 4.79 Å². The monoisotopic (exact) mass is 296 g/mol. The van der Waals surface area contributed by atoms with Gasteiger partial charge in [-0.2, -0.15) is 5.26 Å². The van der Waals surface area contributed by atoms with E-state index in [1.165, 1.54) is 19.3 Å². The molecule has 0 aromatic heterocycles. The molecular weight excluding hydrogens is 272 g/mol. The van der Waals surface area contributed by atoms with Crippen LogP contribution in [0.3, 0.4) is 0 Å². The van der Waals surface area contributed by atoms with Crippen LogP contribution in [0, 0.1) is 23.2 Å². The van der Waals surface area contributed by atoms with Crippen LogP contribution in [0.25, 0.3) is 0 Å². The van der Waals surface area contributed by atoms with Crippen LogP contribution in [0.15, 0.2) is 24.3 Å². The Morgan fingerprint density at radius 2 is 2.18 bits per heavy atom. The predicted octanol–water partition coefficient (Wildman–Crippen LogP) is 3.48. The molecule has 0 bridgehead atoms. The molecule has 0 spiro atoms. The first kappa shape index (κ1) is 15.1. The molecule has 116 valence electrons. The SMILES string of the molecule is CCCCCCN1CC2C(C1=O)C2(C)c1cccc(C#N)c1. The van der Waals surface area contributed by atoms with Crippen LogP contribution in [0.4, 0.5) is 0 Å². The molecule has 1 saturated carbocycles. The lowest BCUT2D eigenvalue weighted by Gasteiger charge is -2.24. The first-order valence-electron chi connectivity index (χ1n) is 8.42. The number of carbonyl (C=O) groups is 1. The first-order valence-corrected chi connectivity index (χ1v) is 8.42. The van der Waals surface area contributed by atoms with E-state index in [0.29, 0.717) is 17.4 Å². The van der Waals surface area contributed by atoms with Crippen LogP contribution >= 0.6 is 0 Å². The van der Waals surface area contributed by atoms with Crippen molar-refractivity contribution in [2.24, 2.45) is 11.8 Å². The molecule has 2 fully saturated rings. The number of benzene rings is 1. The average molecular weight is 296 g/mol. The highest BCUT2D eigenvalue weighted by Gasteiger charge is 2.70. The molecule has 2 aliphatic rings. The minimum absolute atomic E-state index is 0.0517. The average Bonchev–Trinajstić information content (AvgIpc) is 2.99. The lowest BCUT2D eigenvalue weighted by Crippen LogP contribution is -2.34. The van der Waals surface area contributed by atoms with Crippen LogP contribution in [0.1, 0.15) is 50.7 Å². The largest absolute Gasteiger partial charge is 0.342 e. The standard InChI is InChI=1S/C19H24N2O/c1-3-4-5-6-10-21-13-16-17(18(21)22)19(16,2)15-9-7-8-14(11-15)12-20/h7-9,11,16-17H,3-6,10,13H2,1-2H3. The Labute approximate surface area is 132 Å². The molecule has 1 aromatic rings. The summed E-state index contributed by atoms with van der Waals surface area (Å²) in [4.78, 5) is 14.7. The topological polar surface area (TPSA) is 44.1 Å². The highest BCUT2D eigenvalue weighted by atomic mass is 16.2. The number of nitriles is 1. The second-order valence-electron chi connectivity index (χ2n) is 6.90. The van der Waals surface area contributed by atoms with Gasteiger partial charge in [-0.3, -0.25) is 4.79 Å². The fraction of sp³-hybridized carbons (Fsp3) is 0.579. The molecule has 22 heavy (non-hydrogen) atoms. The molecule has 1 heterocycles. The number of hydrogen-bond donors (Lipinski definition) is 0. The van der Waals surface area contributed by atoms with Gasteiger partial charge in [-0.15, -0.1) is 0 Å². The fourth-order valence-corrected chi connectivity index (χ4v) is 4.10. The summed E-state index contributed by atoms with van der Waals surface area (Å²) < 4.78 is 0. The summed E-state index contributed by atoms with van der Waals surface area (Å²) in [6.45, 7) is 6.20. The Kier molecular flexibility index (Phi) is 3.95. The molecule has 0 radical (unpaired) electrons. The highest BCUT2D eigenvalue weighted by Crippen LogP contribution is 2.63. The van der Waals surface area contributed by atoms with Crippen LogP contribution in [0.5, 0.6) is 0 Å². The Morgan fingerprint density at radius 1 is 1.36 bits per heavy atom. The molecule has 1 aromatic carbocycles. The predicted molar refractivity (Wildman–Crippen MR) is 86.2 cm³/mol. The van der Waals surface area contributed by atoms with Crippen molar-refractivity contribution in [1.29, 1.82) is 5.26 Å². The van der Waals surface area contributed by atoms with Crippen LogP contribution < -0.4 is 0 Å². The van der Waals surface area contributed by atoms with E-state index in [1.807, 2.05) is 18.2 Å². The Hall–Kier alpha value is -1.82. The van der Waals surface area contributed by atoms with Crippen LogP contribution in [-0.4, -0.2) is 23.9 Å². The van der Waals surface area contributed by atoms with Gasteiger partial charge in [0.25, 0.3) is 0 Å². The summed E-state index contributed by atoms with van der Waals surface area (Å²) >= 11 is 0. The van der Waals surface area contributed by atoms with Gasteiger partial charge >= 0.3 is 0 Å². The van der Waals surface area contributed by atoms with Gasteiger partial charge in [0.15, 0.2) is 0 Å². The Morgan fingerprint density at radius 3 is 2.82 bits per heavy atom. The summed E-state index contributed by atoms with van der Waals surface area (Å²) in [7, 11) is 0. The smallest absolute Gasteiger partial charge is 0.226 e. The van der Waals surface area contributed by atoms with E-state index >= 15 is 0 Å². The number of fused-ring (bicyclic) bond motifs is 1. The lowest BCUT2D eigenvalue weighted by atomic mass is 9.91. The number of rotatable bonds is 6. The number of amides is 1. The number of unbranched alkanes of at least 4 members (excludes halogenated alkanes) is 3. The van der Waals surface area contributed by atoms with Gasteiger partial charge in [-0.25, -0.2) is 0 Å². The van der Waals surface area contributed by atoms with E-state index in [4.69, 9.17) is 5.26 Å². The zero-order valence-electron chi connectivity index (χ0n) is 13.5. The van der Waals surface area contributed by atoms with Gasteiger partial charge in [0.05, 0.1) is 17.6 Å². The highest BCUT2D eigenvalue weighted by molar-refractivity contribution is 5.88. The van der Waals surface area contributed by atoms with Crippen molar-refractivity contribution in [2.45, 2.75) is 44.9 Å². The van der Waals surface area contributed by atoms with Gasteiger partial charge < -0.3 is 4.90 Å². The number of hydrogen-bond acceptors (Lipinski definition) is 2. The summed E-state index contributed by atoms with van der Waals surface area (Å²) in [5.41, 5.74) is 1.79. The fourth-order valence-electron chi connectivity index (χ4n) is 4.10. The maximum absolute atomic E-state index is 12.6. The zero-order valence-corrected chi connectivity index (χ0v) is 13.5. The van der Waals surface area contributed by atoms with Crippen LogP contribution in [0.2, 0.25) is 0 Å². The van der Waals surface area contributed by atoms with Crippen molar-refractivity contribution in [2.75, 3.05) is 13.1 Å². The summed E-state index contributed by atoms with van der Waals surface area (Å²) in [6.07, 6.45) is 4.83. The second kappa shape index (κ2) is 5.76. The zero-order chi connectivity index (χ0) is 15.7. The first-order chi connectivity index (χ1) is 10.6. The van der Waals surface area contributed by atoms with Crippen molar-refractivity contribution in [3.63, 3.8) is 0 Å². The third-order valence-electron chi connectivity index (χ3n) is 5.60. The third-order valence-corrected chi connectivity index (χ3v) is 5.60. The van der Waals surface area contributed by atoms with E-state index in [0.717, 1.165) is 25.1 Å². The van der Waals surface area contributed by atoms with E-state index in [1.54, 1.807) is 0 Å². The quantitative estimate of drug-likeness (QED) is 0.754. The minimum atomic E-state index is -0.0517. The molecule has 1 saturated heterocycles. The van der Waals surface area contributed by atoms with Crippen molar-refractivity contribution < 1.29 is 4.79 Å². The molecular formula is C19H24N2O. The number of nitrogens with zero attached hydrogens (tertiary/aromatic N) is 2. The van der Waals surface area contributed by atoms with E-state index in [2.05, 4.69) is 30.9 Å². The maximum Gasteiger partial charge on any atom is 0.226 e. The van der Waals surface area contributed by atoms with Crippen molar-refractivity contribution >= 4 is 5.91 Å². The molecule has 3 heteroatoms. The Balaban J connectivity index is 1.65. The van der Waals surface area contributed by atoms with Crippen molar-refractivity contribution in [3.05, 3.63) is 35.4 Å². The third kappa shape index (κ3) is 2.31. The normalized spacial score (nSPS) is 29.3. The van der Waals surface area contributed by atoms with Gasteiger partial charge in [0.2, 0.25) is 5.91 Å². The van der Waals surface area contributed by atoms with E-state index in [-0.39, 0.29) is 11.3 Å². The van der Waals surface area contributed by atoms with Gasteiger partial charge in [0, 0.05) is 18.5 Å². The van der Waals surface area contributed by atoms with Gasteiger partial charge in [-0.05, 0) is 30.0 Å². The number of likely N-dealkylation sites (tertiary alicyclic amines) is 1. The molecule has 3 nitrogen and oxygen atoms in total. The second-order valence-corrected chi connectivity index (χ2v) is 6.90. The number of piperidine rings is 1. The van der Waals surface area contributed by atoms with Crippen molar-refractivity contribution in [1.82, 2.24) is 4.90 Å². The molecule has 3 atom stereocenters. The molecule has 1 aliphatic heterocycles. The molecule has 0 N–H and O–H groups in total. The lowest BCUT2D eigenvalue weighted by molar-refractivity contribution is -0.130. The minimum Gasteiger partial charge on any atom is -0.342 e. The van der Waals surface area contributed by atoms with E-state index < -0.39 is 0 Å². The van der Waals surface area contributed by atoms with Gasteiger partial charge in [-0.1, -0.05) is 45.2 Å². The van der Waals surface area contributed by atoms with Crippen molar-refractivity contribution in [3.8, 4) is 6.07 Å². The molecule has 3 rings (SSSR count). The molecule has 3 unspecified atom stereocenters. The Bertz CT molecular complexity index is 618. The maximum atomic E-state index is 12.6. The molecule has 1 amide bonds. The summed E-state index contributed by atoms with van der Waals surface area (Å²) in [6, 6.07) is 9.98. The van der Waals surface area contributed by atoms with Crippen LogP contribution in [-0.2, 0) is 10.2 Å². The van der Waals surface area contributed by atoms with Gasteiger partial charge in [0.1, 0.15) is 0 Å². The summed E-state index contributed by atoms with van der Waals surface area (Å²) in [5, 5.41) is 9.06. The summed E-state index contributed by atoms with van der Waals surface area (Å²) in [5.74, 6) is 0.888. The number of carbonyl (C=O) groups excluding carboxylic acids is 1. The molecule has 1 aliphatic carbocycles.